The Hall–Kier alpha value is -2.44. The number of ether oxygens (including phenoxy) is 1. The molecule has 5 heterocycles. The summed E-state index contributed by atoms with van der Waals surface area (Å²) in [6.07, 6.45) is 3.81. The number of nitrogens with zero attached hydrogens (tertiary/aromatic N) is 3. The maximum atomic E-state index is 12.5. The number of aromatic amines is 1. The number of nitrogens with one attached hydrogen (secondary N) is 1. The lowest BCUT2D eigenvalue weighted by Crippen LogP contribution is -2.61. The van der Waals surface area contributed by atoms with Gasteiger partial charge in [-0.05, 0) is 24.3 Å². The fourth-order valence-corrected chi connectivity index (χ4v) is 4.13. The average molecular weight is 336 g/mol. The lowest BCUT2D eigenvalue weighted by molar-refractivity contribution is -0.900. The van der Waals surface area contributed by atoms with Gasteiger partial charge in [0.05, 0.1) is 18.8 Å². The highest BCUT2D eigenvalue weighted by atomic mass is 16.6. The molecule has 3 aromatic rings. The molecule has 3 aliphatic heterocycles. The number of hydrogen-bond acceptors (Lipinski definition) is 4. The van der Waals surface area contributed by atoms with E-state index in [0.29, 0.717) is 18.3 Å². The molecule has 1 N–H and O–H groups in total. The van der Waals surface area contributed by atoms with Crippen molar-refractivity contribution in [3.63, 3.8) is 0 Å². The van der Waals surface area contributed by atoms with Gasteiger partial charge in [-0.2, -0.15) is 0 Å². The molecule has 128 valence electrons. The number of hydroxylamine groups is 3. The molecule has 0 spiro atoms. The van der Waals surface area contributed by atoms with E-state index in [-0.39, 0.29) is 10.8 Å². The fourth-order valence-electron chi connectivity index (χ4n) is 4.13. The normalized spacial score (nSPS) is 28.4. The van der Waals surface area contributed by atoms with Crippen molar-refractivity contribution in [3.8, 4) is 17.1 Å². The topological polar surface area (TPSA) is 73.9 Å². The van der Waals surface area contributed by atoms with Crippen LogP contribution in [-0.4, -0.2) is 45.6 Å². The third-order valence-electron chi connectivity index (χ3n) is 5.61. The number of hydrogen-bond donors (Lipinski definition) is 1. The molecule has 0 aliphatic carbocycles. The van der Waals surface area contributed by atoms with Crippen LogP contribution in [0.25, 0.3) is 22.2 Å². The number of aromatic nitrogens is 3. The number of fused-ring (bicyclic) bond motifs is 4. The summed E-state index contributed by atoms with van der Waals surface area (Å²) in [4.78, 5) is 3.19. The van der Waals surface area contributed by atoms with E-state index in [2.05, 4.69) is 21.2 Å². The summed E-state index contributed by atoms with van der Waals surface area (Å²) in [6, 6.07) is 12.0. The molecule has 1 atom stereocenters. The van der Waals surface area contributed by atoms with Gasteiger partial charge in [-0.15, -0.1) is 10.2 Å². The van der Waals surface area contributed by atoms with E-state index in [9.17, 15) is 5.21 Å². The predicted molar refractivity (Wildman–Crippen MR) is 94.7 cm³/mol. The number of quaternary nitrogens is 1. The first-order chi connectivity index (χ1) is 12.2. The first kappa shape index (κ1) is 14.9. The second kappa shape index (κ2) is 5.54. The Bertz CT molecular complexity index is 897. The molecule has 1 aromatic carbocycles. The molecule has 3 saturated heterocycles. The Morgan fingerprint density at radius 2 is 1.96 bits per heavy atom. The van der Waals surface area contributed by atoms with Crippen LogP contribution in [0, 0.1) is 11.1 Å². The molecule has 0 saturated carbocycles. The molecule has 2 bridgehead atoms. The van der Waals surface area contributed by atoms with Crippen LogP contribution in [-0.2, 0) is 0 Å². The van der Waals surface area contributed by atoms with Gasteiger partial charge < -0.3 is 19.6 Å². The van der Waals surface area contributed by atoms with E-state index >= 15 is 0 Å². The summed E-state index contributed by atoms with van der Waals surface area (Å²) in [6.45, 7) is 2.01. The standard InChI is InChI=1S/C19H20N4O2/c24-23-9-6-13(7-10-23)18(12-23)25-19-4-3-17(21-22-19)14-1-2-16-15(11-14)5-8-20-16/h1-5,8,11,13,18,20H,6-7,9-10,12H2. The third-order valence-corrected chi connectivity index (χ3v) is 5.61. The zero-order chi connectivity index (χ0) is 16.9. The SMILES string of the molecule is [O-][N+]12CCC(CC1)C(Oc1ccc(-c3ccc4[nH]ccc4c3)nn1)C2. The maximum Gasteiger partial charge on any atom is 0.233 e. The Labute approximate surface area is 145 Å². The molecular weight excluding hydrogens is 316 g/mol. The summed E-state index contributed by atoms with van der Waals surface area (Å²) < 4.78 is 5.90. The van der Waals surface area contributed by atoms with Crippen molar-refractivity contribution >= 4 is 10.9 Å². The molecule has 0 radical (unpaired) electrons. The minimum absolute atomic E-state index is 0.0312. The Balaban J connectivity index is 1.35. The molecule has 1 unspecified atom stereocenters. The number of rotatable bonds is 3. The van der Waals surface area contributed by atoms with E-state index < -0.39 is 0 Å². The molecule has 3 fully saturated rings. The average Bonchev–Trinajstić information content (AvgIpc) is 3.10. The third kappa shape index (κ3) is 2.67. The predicted octanol–water partition coefficient (Wildman–Crippen LogP) is 3.11. The van der Waals surface area contributed by atoms with Gasteiger partial charge in [0.15, 0.2) is 6.10 Å². The summed E-state index contributed by atoms with van der Waals surface area (Å²) in [5.41, 5.74) is 2.95. The summed E-state index contributed by atoms with van der Waals surface area (Å²) in [5, 5.41) is 22.2. The molecule has 6 nitrogen and oxygen atoms in total. The van der Waals surface area contributed by atoms with Crippen LogP contribution >= 0.6 is 0 Å². The molecule has 6 heteroatoms. The minimum Gasteiger partial charge on any atom is -0.633 e. The number of H-pyrrole nitrogens is 1. The highest BCUT2D eigenvalue weighted by Crippen LogP contribution is 2.35. The van der Waals surface area contributed by atoms with Gasteiger partial charge >= 0.3 is 0 Å². The quantitative estimate of drug-likeness (QED) is 0.589. The van der Waals surface area contributed by atoms with Crippen LogP contribution in [0.4, 0.5) is 0 Å². The van der Waals surface area contributed by atoms with Crippen LogP contribution in [0.1, 0.15) is 12.8 Å². The lowest BCUT2D eigenvalue weighted by Gasteiger charge is -2.54. The molecule has 3 aliphatic rings. The zero-order valence-corrected chi connectivity index (χ0v) is 13.9. The first-order valence-electron chi connectivity index (χ1n) is 8.84. The zero-order valence-electron chi connectivity index (χ0n) is 13.9. The largest absolute Gasteiger partial charge is 0.633 e. The minimum atomic E-state index is -0.108. The van der Waals surface area contributed by atoms with E-state index in [4.69, 9.17) is 4.74 Å². The highest BCUT2D eigenvalue weighted by molar-refractivity contribution is 5.84. The number of benzene rings is 1. The van der Waals surface area contributed by atoms with Gasteiger partial charge in [0.1, 0.15) is 6.54 Å². The van der Waals surface area contributed by atoms with E-state index in [1.54, 1.807) is 0 Å². The molecular formula is C19H20N4O2. The fraction of sp³-hybridized carbons (Fsp3) is 0.368. The Morgan fingerprint density at radius 3 is 2.72 bits per heavy atom. The molecule has 0 amide bonds. The Kier molecular flexibility index (Phi) is 3.29. The van der Waals surface area contributed by atoms with Gasteiger partial charge in [0.2, 0.25) is 5.88 Å². The van der Waals surface area contributed by atoms with Crippen LogP contribution in [0.2, 0.25) is 0 Å². The smallest absolute Gasteiger partial charge is 0.233 e. The summed E-state index contributed by atoms with van der Waals surface area (Å²) in [5.74, 6) is 0.989. The van der Waals surface area contributed by atoms with Crippen molar-refractivity contribution in [2.24, 2.45) is 5.92 Å². The molecule has 6 rings (SSSR count). The van der Waals surface area contributed by atoms with Crippen LogP contribution in [0.15, 0.2) is 42.6 Å². The second-order valence-electron chi connectivity index (χ2n) is 7.22. The van der Waals surface area contributed by atoms with Crippen molar-refractivity contribution in [3.05, 3.63) is 47.8 Å². The van der Waals surface area contributed by atoms with Crippen molar-refractivity contribution < 1.29 is 9.38 Å². The van der Waals surface area contributed by atoms with Crippen LogP contribution in [0.3, 0.4) is 0 Å². The van der Waals surface area contributed by atoms with Gasteiger partial charge in [0, 0.05) is 47.5 Å². The summed E-state index contributed by atoms with van der Waals surface area (Å²) in [7, 11) is 0. The molecule has 25 heavy (non-hydrogen) atoms. The van der Waals surface area contributed by atoms with E-state index in [0.717, 1.165) is 48.1 Å². The van der Waals surface area contributed by atoms with Gasteiger partial charge in [-0.3, -0.25) is 0 Å². The summed E-state index contributed by atoms with van der Waals surface area (Å²) >= 11 is 0. The highest BCUT2D eigenvalue weighted by Gasteiger charge is 2.42. The second-order valence-corrected chi connectivity index (χ2v) is 7.22. The van der Waals surface area contributed by atoms with E-state index in [1.165, 1.54) is 0 Å². The van der Waals surface area contributed by atoms with Crippen LogP contribution in [0.5, 0.6) is 5.88 Å². The monoisotopic (exact) mass is 336 g/mol. The van der Waals surface area contributed by atoms with Crippen molar-refractivity contribution in [2.45, 2.75) is 18.9 Å². The van der Waals surface area contributed by atoms with Crippen LogP contribution < -0.4 is 4.74 Å². The van der Waals surface area contributed by atoms with Crippen molar-refractivity contribution in [2.75, 3.05) is 19.6 Å². The lowest BCUT2D eigenvalue weighted by atomic mass is 9.85. The molecule has 2 aromatic heterocycles. The number of piperidine rings is 3. The van der Waals surface area contributed by atoms with Crippen molar-refractivity contribution in [1.82, 2.24) is 15.2 Å². The van der Waals surface area contributed by atoms with Gasteiger partial charge in [-0.25, -0.2) is 0 Å². The first-order valence-corrected chi connectivity index (χ1v) is 8.84. The van der Waals surface area contributed by atoms with Gasteiger partial charge in [-0.1, -0.05) is 6.07 Å². The van der Waals surface area contributed by atoms with Crippen molar-refractivity contribution in [1.29, 1.82) is 0 Å². The van der Waals surface area contributed by atoms with Gasteiger partial charge in [0.25, 0.3) is 0 Å². The maximum absolute atomic E-state index is 12.5. The Morgan fingerprint density at radius 1 is 1.08 bits per heavy atom. The van der Waals surface area contributed by atoms with E-state index in [1.807, 2.05) is 36.5 Å².